The Hall–Kier alpha value is -3.80. The molecule has 0 saturated heterocycles. The van der Waals surface area contributed by atoms with Crippen LogP contribution in [-0.4, -0.2) is 28.1 Å². The standard InChI is InChI=1S/C23H19N3O3/c1-25-11-14(13-7-4-5-8-16(13)25)20-21(23(28)24-22(20)27)15-12-26(2)17-9-6-10-18(29-3)19(15)17/h4-12H,1-3H3,(H,24,27,28). The van der Waals surface area contributed by atoms with Gasteiger partial charge in [-0.15, -0.1) is 0 Å². The highest BCUT2D eigenvalue weighted by Gasteiger charge is 2.35. The normalized spacial score (nSPS) is 14.3. The third-order valence-electron chi connectivity index (χ3n) is 5.56. The summed E-state index contributed by atoms with van der Waals surface area (Å²) < 4.78 is 9.47. The minimum Gasteiger partial charge on any atom is -0.496 e. The van der Waals surface area contributed by atoms with Crippen LogP contribution in [0.4, 0.5) is 0 Å². The van der Waals surface area contributed by atoms with Gasteiger partial charge in [-0.1, -0.05) is 24.3 Å². The molecule has 3 heterocycles. The molecule has 144 valence electrons. The lowest BCUT2D eigenvalue weighted by molar-refractivity contribution is -0.122. The van der Waals surface area contributed by atoms with E-state index in [1.807, 2.05) is 78.1 Å². The fraction of sp³-hybridized carbons (Fsp3) is 0.130. The van der Waals surface area contributed by atoms with Gasteiger partial charge in [0.25, 0.3) is 11.8 Å². The third-order valence-corrected chi connectivity index (χ3v) is 5.56. The predicted molar refractivity (Wildman–Crippen MR) is 112 cm³/mol. The SMILES string of the molecule is COc1cccc2c1c(C1=C(c3cn(C)c4ccccc34)C(=O)NC1=O)cn2C. The average Bonchev–Trinajstić information content (AvgIpc) is 3.33. The molecule has 1 aliphatic rings. The average molecular weight is 385 g/mol. The van der Waals surface area contributed by atoms with Gasteiger partial charge < -0.3 is 13.9 Å². The summed E-state index contributed by atoms with van der Waals surface area (Å²) in [5, 5.41) is 4.23. The van der Waals surface area contributed by atoms with Crippen molar-refractivity contribution in [1.29, 1.82) is 0 Å². The summed E-state index contributed by atoms with van der Waals surface area (Å²) in [7, 11) is 5.45. The molecular weight excluding hydrogens is 366 g/mol. The molecule has 2 amide bonds. The molecule has 5 rings (SSSR count). The van der Waals surface area contributed by atoms with Crippen molar-refractivity contribution in [3.05, 3.63) is 66.0 Å². The summed E-state index contributed by atoms with van der Waals surface area (Å²) in [5.74, 6) is -0.111. The summed E-state index contributed by atoms with van der Waals surface area (Å²) in [6, 6.07) is 13.6. The first-order chi connectivity index (χ1) is 14.0. The van der Waals surface area contributed by atoms with Crippen LogP contribution in [-0.2, 0) is 23.7 Å². The number of aryl methyl sites for hydroxylation is 2. The van der Waals surface area contributed by atoms with Crippen LogP contribution in [0.2, 0.25) is 0 Å². The molecule has 0 fully saturated rings. The first-order valence-electron chi connectivity index (χ1n) is 9.28. The zero-order chi connectivity index (χ0) is 20.3. The van der Waals surface area contributed by atoms with Gasteiger partial charge in [0.05, 0.1) is 23.8 Å². The van der Waals surface area contributed by atoms with Crippen LogP contribution in [0.3, 0.4) is 0 Å². The van der Waals surface area contributed by atoms with E-state index < -0.39 is 5.91 Å². The minimum absolute atomic E-state index is 0.376. The van der Waals surface area contributed by atoms with Crippen molar-refractivity contribution in [2.45, 2.75) is 0 Å². The van der Waals surface area contributed by atoms with Crippen LogP contribution in [0.15, 0.2) is 54.9 Å². The topological polar surface area (TPSA) is 65.3 Å². The Labute approximate surface area is 167 Å². The van der Waals surface area contributed by atoms with Crippen LogP contribution in [0, 0.1) is 0 Å². The summed E-state index contributed by atoms with van der Waals surface area (Å²) in [4.78, 5) is 25.8. The number of para-hydroxylation sites is 1. The van der Waals surface area contributed by atoms with Gasteiger partial charge in [0, 0.05) is 53.9 Å². The maximum Gasteiger partial charge on any atom is 0.259 e. The highest BCUT2D eigenvalue weighted by Crippen LogP contribution is 2.41. The Balaban J connectivity index is 1.90. The highest BCUT2D eigenvalue weighted by atomic mass is 16.5. The van der Waals surface area contributed by atoms with Gasteiger partial charge in [0.2, 0.25) is 0 Å². The number of fused-ring (bicyclic) bond motifs is 2. The first kappa shape index (κ1) is 17.3. The number of imide groups is 1. The van der Waals surface area contributed by atoms with E-state index in [0.29, 0.717) is 22.5 Å². The van der Waals surface area contributed by atoms with Crippen LogP contribution >= 0.6 is 0 Å². The zero-order valence-corrected chi connectivity index (χ0v) is 16.3. The summed E-state index contributed by atoms with van der Waals surface area (Å²) in [5.41, 5.74) is 4.12. The largest absolute Gasteiger partial charge is 0.496 e. The maximum atomic E-state index is 12.9. The molecule has 0 radical (unpaired) electrons. The molecule has 0 aliphatic carbocycles. The van der Waals surface area contributed by atoms with Crippen molar-refractivity contribution >= 4 is 44.8 Å². The molecule has 4 aromatic rings. The van der Waals surface area contributed by atoms with E-state index in [2.05, 4.69) is 5.32 Å². The number of hydrogen-bond donors (Lipinski definition) is 1. The molecule has 0 spiro atoms. The fourth-order valence-corrected chi connectivity index (χ4v) is 4.28. The number of aromatic nitrogens is 2. The van der Waals surface area contributed by atoms with Crippen molar-refractivity contribution in [3.8, 4) is 5.75 Å². The van der Waals surface area contributed by atoms with Gasteiger partial charge in [-0.3, -0.25) is 14.9 Å². The molecule has 0 saturated carbocycles. The monoisotopic (exact) mass is 385 g/mol. The number of ether oxygens (including phenoxy) is 1. The van der Waals surface area contributed by atoms with Crippen LogP contribution in [0.1, 0.15) is 11.1 Å². The maximum absolute atomic E-state index is 12.9. The van der Waals surface area contributed by atoms with Gasteiger partial charge in [-0.05, 0) is 18.2 Å². The van der Waals surface area contributed by atoms with E-state index in [-0.39, 0.29) is 5.91 Å². The van der Waals surface area contributed by atoms with Crippen molar-refractivity contribution in [3.63, 3.8) is 0 Å². The van der Waals surface area contributed by atoms with E-state index in [9.17, 15) is 9.59 Å². The predicted octanol–water partition coefficient (Wildman–Crippen LogP) is 3.25. The number of nitrogens with zero attached hydrogens (tertiary/aromatic N) is 2. The molecule has 6 nitrogen and oxygen atoms in total. The third kappa shape index (κ3) is 2.35. The number of amides is 2. The van der Waals surface area contributed by atoms with Gasteiger partial charge in [-0.2, -0.15) is 0 Å². The Morgan fingerprint density at radius 2 is 1.41 bits per heavy atom. The molecule has 29 heavy (non-hydrogen) atoms. The van der Waals surface area contributed by atoms with Gasteiger partial charge in [0.1, 0.15) is 5.75 Å². The number of carbonyl (C=O) groups is 2. The second-order valence-corrected chi connectivity index (χ2v) is 7.21. The molecule has 0 atom stereocenters. The molecule has 0 bridgehead atoms. The number of nitrogens with one attached hydrogen (secondary N) is 1. The number of rotatable bonds is 3. The van der Waals surface area contributed by atoms with Crippen molar-refractivity contribution in [2.75, 3.05) is 7.11 Å². The van der Waals surface area contributed by atoms with Crippen molar-refractivity contribution in [1.82, 2.24) is 14.5 Å². The van der Waals surface area contributed by atoms with E-state index in [0.717, 1.165) is 27.4 Å². The number of hydrogen-bond acceptors (Lipinski definition) is 3. The van der Waals surface area contributed by atoms with Crippen LogP contribution in [0.25, 0.3) is 33.0 Å². The number of benzene rings is 2. The Bertz CT molecular complexity index is 1370. The Morgan fingerprint density at radius 1 is 0.793 bits per heavy atom. The molecule has 0 unspecified atom stereocenters. The minimum atomic E-state index is -0.392. The van der Waals surface area contributed by atoms with E-state index in [1.54, 1.807) is 7.11 Å². The van der Waals surface area contributed by atoms with E-state index in [1.165, 1.54) is 0 Å². The van der Waals surface area contributed by atoms with E-state index in [4.69, 9.17) is 4.74 Å². The lowest BCUT2D eigenvalue weighted by atomic mass is 9.95. The van der Waals surface area contributed by atoms with Crippen molar-refractivity contribution in [2.24, 2.45) is 14.1 Å². The van der Waals surface area contributed by atoms with Gasteiger partial charge >= 0.3 is 0 Å². The lowest BCUT2D eigenvalue weighted by Crippen LogP contribution is -2.22. The zero-order valence-electron chi connectivity index (χ0n) is 16.3. The van der Waals surface area contributed by atoms with Gasteiger partial charge in [0.15, 0.2) is 0 Å². The highest BCUT2D eigenvalue weighted by molar-refractivity contribution is 6.51. The van der Waals surface area contributed by atoms with E-state index >= 15 is 0 Å². The quantitative estimate of drug-likeness (QED) is 0.551. The molecule has 1 aliphatic heterocycles. The Kier molecular flexibility index (Phi) is 3.64. The molecule has 2 aromatic carbocycles. The second kappa shape index (κ2) is 6.10. The summed E-state index contributed by atoms with van der Waals surface area (Å²) >= 11 is 0. The van der Waals surface area contributed by atoms with Crippen LogP contribution < -0.4 is 10.1 Å². The van der Waals surface area contributed by atoms with Crippen molar-refractivity contribution < 1.29 is 14.3 Å². The van der Waals surface area contributed by atoms with Gasteiger partial charge in [-0.25, -0.2) is 0 Å². The summed E-state index contributed by atoms with van der Waals surface area (Å²) in [6.45, 7) is 0. The fourth-order valence-electron chi connectivity index (χ4n) is 4.28. The molecular formula is C23H19N3O3. The number of methoxy groups -OCH3 is 1. The number of carbonyl (C=O) groups excluding carboxylic acids is 2. The summed E-state index contributed by atoms with van der Waals surface area (Å²) in [6.07, 6.45) is 3.78. The first-order valence-corrected chi connectivity index (χ1v) is 9.28. The second-order valence-electron chi connectivity index (χ2n) is 7.21. The lowest BCUT2D eigenvalue weighted by Gasteiger charge is -2.06. The molecule has 2 aromatic heterocycles. The van der Waals surface area contributed by atoms with Crippen LogP contribution in [0.5, 0.6) is 5.75 Å². The molecule has 6 heteroatoms. The smallest absolute Gasteiger partial charge is 0.259 e. The Morgan fingerprint density at radius 3 is 2.17 bits per heavy atom. The molecule has 1 N–H and O–H groups in total.